The maximum atomic E-state index is 12.8. The minimum atomic E-state index is -0.762. The molecule has 0 rings (SSSR count). The molecule has 6 nitrogen and oxygen atoms in total. The van der Waals surface area contributed by atoms with E-state index in [-0.39, 0.29) is 31.1 Å². The lowest BCUT2D eigenvalue weighted by Crippen LogP contribution is -2.30. The van der Waals surface area contributed by atoms with E-state index >= 15 is 0 Å². The van der Waals surface area contributed by atoms with Crippen molar-refractivity contribution in [1.29, 1.82) is 0 Å². The molecule has 6 heteroatoms. The minimum absolute atomic E-state index is 0.0630. The summed E-state index contributed by atoms with van der Waals surface area (Å²) in [5, 5.41) is 0. The van der Waals surface area contributed by atoms with Crippen molar-refractivity contribution in [2.24, 2.45) is 11.8 Å². The summed E-state index contributed by atoms with van der Waals surface area (Å²) in [5.41, 5.74) is 0. The van der Waals surface area contributed by atoms with Crippen LogP contribution in [0.2, 0.25) is 0 Å². The smallest absolute Gasteiger partial charge is 0.306 e. The average molecular weight is 877 g/mol. The molecule has 0 saturated carbocycles. The summed E-state index contributed by atoms with van der Waals surface area (Å²) in [4.78, 5) is 38.0. The zero-order valence-electron chi connectivity index (χ0n) is 42.5. The maximum absolute atomic E-state index is 12.8. The van der Waals surface area contributed by atoms with E-state index in [0.29, 0.717) is 19.3 Å². The largest absolute Gasteiger partial charge is 0.462 e. The predicted molar refractivity (Wildman–Crippen MR) is 266 cm³/mol. The van der Waals surface area contributed by atoms with E-state index in [1.165, 1.54) is 199 Å². The quantitative estimate of drug-likeness (QED) is 0.0344. The van der Waals surface area contributed by atoms with E-state index in [0.717, 1.165) is 69.6 Å². The highest BCUT2D eigenvalue weighted by molar-refractivity contribution is 5.71. The molecule has 0 heterocycles. The molecule has 0 saturated heterocycles. The third-order valence-corrected chi connectivity index (χ3v) is 12.7. The fraction of sp³-hybridized carbons (Fsp3) is 0.946. The van der Waals surface area contributed by atoms with E-state index in [4.69, 9.17) is 14.2 Å². The Bertz CT molecular complexity index is 947. The summed E-state index contributed by atoms with van der Waals surface area (Å²) >= 11 is 0. The van der Waals surface area contributed by atoms with Gasteiger partial charge in [0.25, 0.3) is 0 Å². The molecule has 0 unspecified atom stereocenters. The van der Waals surface area contributed by atoms with Crippen molar-refractivity contribution >= 4 is 17.9 Å². The van der Waals surface area contributed by atoms with Crippen LogP contribution in [-0.4, -0.2) is 37.2 Å². The lowest BCUT2D eigenvalue weighted by molar-refractivity contribution is -0.167. The average Bonchev–Trinajstić information content (AvgIpc) is 3.24. The van der Waals surface area contributed by atoms with Crippen LogP contribution in [0.15, 0.2) is 0 Å². The van der Waals surface area contributed by atoms with Gasteiger partial charge in [-0.05, 0) is 31.1 Å². The Balaban J connectivity index is 4.28. The fourth-order valence-corrected chi connectivity index (χ4v) is 8.52. The standard InChI is InChI=1S/C56H108O6/c1-6-7-8-9-10-11-19-26-31-36-41-46-54(57)60-49-53(50-61-55(58)47-42-37-32-27-22-18-14-16-21-25-30-35-40-45-52(4)5)62-56(59)48-43-38-33-28-23-17-13-12-15-20-24-29-34-39-44-51(2)3/h51-53H,6-50H2,1-5H3/t53-/m1/s1. The van der Waals surface area contributed by atoms with Gasteiger partial charge in [-0.2, -0.15) is 0 Å². The van der Waals surface area contributed by atoms with Gasteiger partial charge in [-0.3, -0.25) is 14.4 Å². The second kappa shape index (κ2) is 48.9. The molecule has 0 fully saturated rings. The van der Waals surface area contributed by atoms with E-state index in [2.05, 4.69) is 34.6 Å². The Labute approximate surface area is 387 Å². The lowest BCUT2D eigenvalue weighted by atomic mass is 10.0. The number of rotatable bonds is 50. The number of ether oxygens (including phenoxy) is 3. The van der Waals surface area contributed by atoms with Crippen LogP contribution in [0.5, 0.6) is 0 Å². The van der Waals surface area contributed by atoms with Gasteiger partial charge in [-0.15, -0.1) is 0 Å². The van der Waals surface area contributed by atoms with Gasteiger partial charge >= 0.3 is 17.9 Å². The van der Waals surface area contributed by atoms with Gasteiger partial charge in [0, 0.05) is 19.3 Å². The van der Waals surface area contributed by atoms with Gasteiger partial charge in [-0.25, -0.2) is 0 Å². The summed E-state index contributed by atoms with van der Waals surface area (Å²) in [7, 11) is 0. The Kier molecular flexibility index (Phi) is 47.6. The Morgan fingerprint density at radius 2 is 0.532 bits per heavy atom. The molecule has 0 aliphatic carbocycles. The highest BCUT2D eigenvalue weighted by Gasteiger charge is 2.19. The fourth-order valence-electron chi connectivity index (χ4n) is 8.52. The van der Waals surface area contributed by atoms with Crippen molar-refractivity contribution in [2.45, 2.75) is 317 Å². The maximum Gasteiger partial charge on any atom is 0.306 e. The van der Waals surface area contributed by atoms with Crippen molar-refractivity contribution < 1.29 is 28.6 Å². The molecule has 62 heavy (non-hydrogen) atoms. The zero-order valence-corrected chi connectivity index (χ0v) is 42.5. The highest BCUT2D eigenvalue weighted by Crippen LogP contribution is 2.18. The van der Waals surface area contributed by atoms with Crippen LogP contribution < -0.4 is 0 Å². The van der Waals surface area contributed by atoms with Crippen molar-refractivity contribution in [2.75, 3.05) is 13.2 Å². The Morgan fingerprint density at radius 3 is 0.790 bits per heavy atom. The Morgan fingerprint density at radius 1 is 0.306 bits per heavy atom. The third kappa shape index (κ3) is 49.4. The number of unbranched alkanes of at least 4 members (excludes halogenated alkanes) is 35. The van der Waals surface area contributed by atoms with Crippen LogP contribution in [0.3, 0.4) is 0 Å². The molecule has 1 atom stereocenters. The monoisotopic (exact) mass is 877 g/mol. The molecule has 0 spiro atoms. The molecule has 0 aromatic heterocycles. The second-order valence-electron chi connectivity index (χ2n) is 20.2. The van der Waals surface area contributed by atoms with Crippen LogP contribution in [-0.2, 0) is 28.6 Å². The first kappa shape index (κ1) is 60.4. The Hall–Kier alpha value is -1.59. The number of hydrogen-bond donors (Lipinski definition) is 0. The highest BCUT2D eigenvalue weighted by atomic mass is 16.6. The van der Waals surface area contributed by atoms with Crippen molar-refractivity contribution in [3.05, 3.63) is 0 Å². The number of carbonyl (C=O) groups is 3. The molecule has 368 valence electrons. The third-order valence-electron chi connectivity index (χ3n) is 12.7. The lowest BCUT2D eigenvalue weighted by Gasteiger charge is -2.18. The minimum Gasteiger partial charge on any atom is -0.462 e. The summed E-state index contributed by atoms with van der Waals surface area (Å²) in [6, 6.07) is 0. The summed E-state index contributed by atoms with van der Waals surface area (Å²) in [5.74, 6) is 0.841. The first-order valence-corrected chi connectivity index (χ1v) is 27.7. The van der Waals surface area contributed by atoms with E-state index in [1.807, 2.05) is 0 Å². The molecular formula is C56H108O6. The number of hydrogen-bond acceptors (Lipinski definition) is 6. The van der Waals surface area contributed by atoms with E-state index in [9.17, 15) is 14.4 Å². The van der Waals surface area contributed by atoms with E-state index in [1.54, 1.807) is 0 Å². The first-order chi connectivity index (χ1) is 30.2. The molecule has 0 aliphatic heterocycles. The van der Waals surface area contributed by atoms with Crippen LogP contribution in [0.1, 0.15) is 311 Å². The van der Waals surface area contributed by atoms with Crippen molar-refractivity contribution in [3.63, 3.8) is 0 Å². The van der Waals surface area contributed by atoms with Crippen LogP contribution in [0.25, 0.3) is 0 Å². The normalized spacial score (nSPS) is 12.0. The van der Waals surface area contributed by atoms with Gasteiger partial charge in [-0.1, -0.05) is 272 Å². The molecule has 0 N–H and O–H groups in total. The van der Waals surface area contributed by atoms with Crippen molar-refractivity contribution in [1.82, 2.24) is 0 Å². The molecule has 0 radical (unpaired) electrons. The van der Waals surface area contributed by atoms with Gasteiger partial charge in [0.05, 0.1) is 0 Å². The second-order valence-corrected chi connectivity index (χ2v) is 20.2. The summed E-state index contributed by atoms with van der Waals surface area (Å²) in [6.07, 6.45) is 50.9. The molecule has 0 aliphatic rings. The van der Waals surface area contributed by atoms with E-state index < -0.39 is 6.10 Å². The first-order valence-electron chi connectivity index (χ1n) is 27.7. The predicted octanol–water partition coefficient (Wildman–Crippen LogP) is 18.1. The van der Waals surface area contributed by atoms with Crippen LogP contribution in [0.4, 0.5) is 0 Å². The summed E-state index contributed by atoms with van der Waals surface area (Å²) in [6.45, 7) is 11.4. The number of carbonyl (C=O) groups excluding carboxylic acids is 3. The molecule has 0 aromatic carbocycles. The SMILES string of the molecule is CCCCCCCCCCCCCC(=O)OC[C@H](COC(=O)CCCCCCCCCCCCCCCC(C)C)OC(=O)CCCCCCCCCCCCCCCCC(C)C. The molecule has 0 bridgehead atoms. The zero-order chi connectivity index (χ0) is 45.4. The van der Waals surface area contributed by atoms with Crippen LogP contribution >= 0.6 is 0 Å². The van der Waals surface area contributed by atoms with Crippen LogP contribution in [0, 0.1) is 11.8 Å². The topological polar surface area (TPSA) is 78.9 Å². The molecule has 0 aromatic rings. The summed E-state index contributed by atoms with van der Waals surface area (Å²) < 4.78 is 16.9. The van der Waals surface area contributed by atoms with Gasteiger partial charge in [0.1, 0.15) is 13.2 Å². The number of esters is 3. The molecular weight excluding hydrogens is 769 g/mol. The van der Waals surface area contributed by atoms with Gasteiger partial charge in [0.2, 0.25) is 0 Å². The van der Waals surface area contributed by atoms with Gasteiger partial charge < -0.3 is 14.2 Å². The van der Waals surface area contributed by atoms with Gasteiger partial charge in [0.15, 0.2) is 6.10 Å². The molecule has 0 amide bonds. The van der Waals surface area contributed by atoms with Crippen molar-refractivity contribution in [3.8, 4) is 0 Å².